The van der Waals surface area contributed by atoms with E-state index in [1.165, 1.54) is 18.2 Å². The van der Waals surface area contributed by atoms with Gasteiger partial charge in [-0.2, -0.15) is 0 Å². The highest BCUT2D eigenvalue weighted by molar-refractivity contribution is 5.76. The van der Waals surface area contributed by atoms with Crippen LogP contribution >= 0.6 is 0 Å². The minimum atomic E-state index is -0.203. The molecule has 0 saturated carbocycles. The summed E-state index contributed by atoms with van der Waals surface area (Å²) in [5, 5.41) is 0. The summed E-state index contributed by atoms with van der Waals surface area (Å²) < 4.78 is 5.13. The number of methoxy groups -OCH3 is 1. The van der Waals surface area contributed by atoms with E-state index in [0.717, 1.165) is 32.5 Å². The van der Waals surface area contributed by atoms with Gasteiger partial charge in [-0.3, -0.25) is 14.6 Å². The van der Waals surface area contributed by atoms with Gasteiger partial charge in [0.05, 0.1) is 13.2 Å². The first-order valence-electron chi connectivity index (χ1n) is 9.90. The van der Waals surface area contributed by atoms with Crippen molar-refractivity contribution < 1.29 is 9.53 Å². The smallest absolute Gasteiger partial charge is 0.324 e. The molecule has 0 spiro atoms. The fourth-order valence-electron chi connectivity index (χ4n) is 3.95. The number of hydrogen-bond acceptors (Lipinski definition) is 4. The number of benzene rings is 2. The Labute approximate surface area is 162 Å². The SMILES string of the molecule is CCCCN1CCN(C(c2ccccc2)c2ccccc2)CC1C(=O)OC. The number of esters is 1. The lowest BCUT2D eigenvalue weighted by Gasteiger charge is -2.43. The summed E-state index contributed by atoms with van der Waals surface area (Å²) in [4.78, 5) is 17.2. The molecule has 2 aromatic carbocycles. The van der Waals surface area contributed by atoms with E-state index >= 15 is 0 Å². The van der Waals surface area contributed by atoms with E-state index in [2.05, 4.69) is 65.3 Å². The van der Waals surface area contributed by atoms with Crippen LogP contribution in [0, 0.1) is 0 Å². The largest absolute Gasteiger partial charge is 0.468 e. The minimum Gasteiger partial charge on any atom is -0.468 e. The predicted molar refractivity (Wildman–Crippen MR) is 109 cm³/mol. The highest BCUT2D eigenvalue weighted by atomic mass is 16.5. The van der Waals surface area contributed by atoms with Crippen LogP contribution in [0.4, 0.5) is 0 Å². The highest BCUT2D eigenvalue weighted by Crippen LogP contribution is 2.30. The maximum Gasteiger partial charge on any atom is 0.324 e. The predicted octanol–water partition coefficient (Wildman–Crippen LogP) is 3.74. The summed E-state index contributed by atoms with van der Waals surface area (Å²) in [6, 6.07) is 21.1. The zero-order valence-corrected chi connectivity index (χ0v) is 16.4. The summed E-state index contributed by atoms with van der Waals surface area (Å²) >= 11 is 0. The molecular weight excluding hydrogens is 336 g/mol. The quantitative estimate of drug-likeness (QED) is 0.699. The molecule has 0 aliphatic carbocycles. The van der Waals surface area contributed by atoms with E-state index in [4.69, 9.17) is 4.74 Å². The van der Waals surface area contributed by atoms with Crippen LogP contribution in [0.25, 0.3) is 0 Å². The second-order valence-corrected chi connectivity index (χ2v) is 7.15. The number of hydrogen-bond donors (Lipinski definition) is 0. The van der Waals surface area contributed by atoms with Crippen LogP contribution in [-0.2, 0) is 9.53 Å². The lowest BCUT2D eigenvalue weighted by molar-refractivity contribution is -0.150. The third-order valence-corrected chi connectivity index (χ3v) is 5.39. The van der Waals surface area contributed by atoms with Gasteiger partial charge in [-0.05, 0) is 24.1 Å². The van der Waals surface area contributed by atoms with Crippen molar-refractivity contribution in [3.05, 3.63) is 71.8 Å². The van der Waals surface area contributed by atoms with Crippen molar-refractivity contribution in [2.24, 2.45) is 0 Å². The van der Waals surface area contributed by atoms with Crippen LogP contribution in [0.2, 0.25) is 0 Å². The fraction of sp³-hybridized carbons (Fsp3) is 0.435. The van der Waals surface area contributed by atoms with E-state index in [0.29, 0.717) is 6.54 Å². The van der Waals surface area contributed by atoms with E-state index in [9.17, 15) is 4.79 Å². The summed E-state index contributed by atoms with van der Waals surface area (Å²) in [6.07, 6.45) is 2.24. The van der Waals surface area contributed by atoms with Crippen LogP contribution in [-0.4, -0.2) is 55.1 Å². The number of carbonyl (C=O) groups is 1. The molecule has 3 rings (SSSR count). The third-order valence-electron chi connectivity index (χ3n) is 5.39. The molecule has 0 bridgehead atoms. The van der Waals surface area contributed by atoms with Gasteiger partial charge in [0.25, 0.3) is 0 Å². The van der Waals surface area contributed by atoms with Gasteiger partial charge in [0.2, 0.25) is 0 Å². The van der Waals surface area contributed by atoms with Crippen molar-refractivity contribution in [1.29, 1.82) is 0 Å². The fourth-order valence-corrected chi connectivity index (χ4v) is 3.95. The van der Waals surface area contributed by atoms with Crippen LogP contribution in [0.1, 0.15) is 36.9 Å². The van der Waals surface area contributed by atoms with Crippen molar-refractivity contribution >= 4 is 5.97 Å². The maximum atomic E-state index is 12.5. The van der Waals surface area contributed by atoms with E-state index < -0.39 is 0 Å². The average molecular weight is 367 g/mol. The van der Waals surface area contributed by atoms with Crippen molar-refractivity contribution in [2.75, 3.05) is 33.3 Å². The molecule has 1 unspecified atom stereocenters. The zero-order chi connectivity index (χ0) is 19.1. The molecule has 4 heteroatoms. The third kappa shape index (κ3) is 4.76. The number of carbonyl (C=O) groups excluding carboxylic acids is 1. The van der Waals surface area contributed by atoms with Crippen molar-refractivity contribution in [2.45, 2.75) is 31.8 Å². The van der Waals surface area contributed by atoms with Gasteiger partial charge in [0.1, 0.15) is 6.04 Å². The molecule has 0 radical (unpaired) electrons. The Kier molecular flexibility index (Phi) is 7.02. The van der Waals surface area contributed by atoms with Crippen LogP contribution in [0.5, 0.6) is 0 Å². The number of ether oxygens (including phenoxy) is 1. The monoisotopic (exact) mass is 366 g/mol. The topological polar surface area (TPSA) is 32.8 Å². The standard InChI is InChI=1S/C23H30N2O2/c1-3-4-15-24-16-17-25(18-21(24)23(26)27-2)22(19-11-7-5-8-12-19)20-13-9-6-10-14-20/h5-14,21-22H,3-4,15-18H2,1-2H3. The lowest BCUT2D eigenvalue weighted by atomic mass is 9.95. The Hall–Kier alpha value is -2.17. The minimum absolute atomic E-state index is 0.129. The molecule has 0 amide bonds. The normalized spacial score (nSPS) is 18.6. The molecule has 1 saturated heterocycles. The first kappa shape index (κ1) is 19.6. The lowest BCUT2D eigenvalue weighted by Crippen LogP contribution is -2.57. The van der Waals surface area contributed by atoms with Gasteiger partial charge in [-0.25, -0.2) is 0 Å². The van der Waals surface area contributed by atoms with Gasteiger partial charge in [-0.15, -0.1) is 0 Å². The average Bonchev–Trinajstić information content (AvgIpc) is 2.74. The second kappa shape index (κ2) is 9.67. The summed E-state index contributed by atoms with van der Waals surface area (Å²) in [5.41, 5.74) is 2.52. The number of unbranched alkanes of at least 4 members (excludes halogenated alkanes) is 1. The van der Waals surface area contributed by atoms with E-state index in [-0.39, 0.29) is 18.1 Å². The summed E-state index contributed by atoms with van der Waals surface area (Å²) in [7, 11) is 1.49. The van der Waals surface area contributed by atoms with Crippen molar-refractivity contribution in [3.63, 3.8) is 0 Å². The van der Waals surface area contributed by atoms with Gasteiger partial charge in [0, 0.05) is 19.6 Å². The van der Waals surface area contributed by atoms with Crippen molar-refractivity contribution in [3.8, 4) is 0 Å². The van der Waals surface area contributed by atoms with E-state index in [1.54, 1.807) is 0 Å². The highest BCUT2D eigenvalue weighted by Gasteiger charge is 2.36. The Morgan fingerprint density at radius 1 is 1.04 bits per heavy atom. The molecule has 2 aromatic rings. The van der Waals surface area contributed by atoms with Gasteiger partial charge in [-0.1, -0.05) is 74.0 Å². The first-order valence-corrected chi connectivity index (χ1v) is 9.90. The number of rotatable bonds is 7. The molecule has 1 aliphatic rings. The van der Waals surface area contributed by atoms with Crippen molar-refractivity contribution in [1.82, 2.24) is 9.80 Å². The van der Waals surface area contributed by atoms with Crippen LogP contribution in [0.15, 0.2) is 60.7 Å². The summed E-state index contributed by atoms with van der Waals surface area (Å²) in [6.45, 7) is 5.64. The zero-order valence-electron chi connectivity index (χ0n) is 16.4. The second-order valence-electron chi connectivity index (χ2n) is 7.15. The van der Waals surface area contributed by atoms with Gasteiger partial charge in [0.15, 0.2) is 0 Å². The molecule has 0 N–H and O–H groups in total. The number of nitrogens with zero attached hydrogens (tertiary/aromatic N) is 2. The molecule has 0 aromatic heterocycles. The van der Waals surface area contributed by atoms with E-state index in [1.807, 2.05) is 12.1 Å². The Morgan fingerprint density at radius 2 is 1.63 bits per heavy atom. The molecule has 1 aliphatic heterocycles. The van der Waals surface area contributed by atoms with Gasteiger partial charge < -0.3 is 4.74 Å². The molecule has 27 heavy (non-hydrogen) atoms. The molecule has 1 heterocycles. The van der Waals surface area contributed by atoms with Crippen LogP contribution < -0.4 is 0 Å². The number of piperazine rings is 1. The molecule has 144 valence electrons. The maximum absolute atomic E-state index is 12.5. The molecule has 1 atom stereocenters. The molecule has 1 fully saturated rings. The first-order chi connectivity index (χ1) is 13.2. The summed E-state index contributed by atoms with van der Waals surface area (Å²) in [5.74, 6) is -0.129. The molecular formula is C23H30N2O2. The molecule has 4 nitrogen and oxygen atoms in total. The Bertz CT molecular complexity index is 665. The Balaban J connectivity index is 1.88. The van der Waals surface area contributed by atoms with Crippen LogP contribution in [0.3, 0.4) is 0 Å². The Morgan fingerprint density at radius 3 is 2.15 bits per heavy atom. The van der Waals surface area contributed by atoms with Gasteiger partial charge >= 0.3 is 5.97 Å².